The van der Waals surface area contributed by atoms with E-state index < -0.39 is 11.9 Å². The molecule has 8 nitrogen and oxygen atoms in total. The maximum absolute atomic E-state index is 12.9. The van der Waals surface area contributed by atoms with Crippen molar-refractivity contribution >= 4 is 34.2 Å². The minimum absolute atomic E-state index is 0.114. The molecule has 0 spiro atoms. The number of nitrogens with zero attached hydrogens (tertiary/aromatic N) is 3. The lowest BCUT2D eigenvalue weighted by atomic mass is 10.0. The largest absolute Gasteiger partial charge is 0.478 e. The number of rotatable bonds is 3. The van der Waals surface area contributed by atoms with Crippen molar-refractivity contribution in [3.63, 3.8) is 0 Å². The lowest BCUT2D eigenvalue weighted by Gasteiger charge is -2.19. The molecule has 2 heterocycles. The van der Waals surface area contributed by atoms with Gasteiger partial charge in [-0.2, -0.15) is 5.26 Å². The minimum atomic E-state index is -1.24. The molecule has 0 radical (unpaired) electrons. The third-order valence-electron chi connectivity index (χ3n) is 4.78. The Kier molecular flexibility index (Phi) is 4.05. The fourth-order valence-corrected chi connectivity index (χ4v) is 3.52. The number of hydrogen-bond acceptors (Lipinski definition) is 5. The molecule has 3 N–H and O–H groups in total. The van der Waals surface area contributed by atoms with Crippen LogP contribution in [0.2, 0.25) is 0 Å². The summed E-state index contributed by atoms with van der Waals surface area (Å²) < 4.78 is 1.83. The molecule has 4 rings (SSSR count). The van der Waals surface area contributed by atoms with Crippen molar-refractivity contribution in [2.45, 2.75) is 13.0 Å². The van der Waals surface area contributed by atoms with E-state index in [1.54, 1.807) is 6.07 Å². The Morgan fingerprint density at radius 2 is 2.04 bits per heavy atom. The first kappa shape index (κ1) is 17.3. The van der Waals surface area contributed by atoms with Crippen LogP contribution in [0.25, 0.3) is 10.9 Å². The molecule has 0 saturated carbocycles. The van der Waals surface area contributed by atoms with Gasteiger partial charge in [-0.15, -0.1) is 0 Å². The monoisotopic (exact) mass is 374 g/mol. The van der Waals surface area contributed by atoms with Crippen LogP contribution < -0.4 is 5.32 Å². The fourth-order valence-electron chi connectivity index (χ4n) is 3.52. The summed E-state index contributed by atoms with van der Waals surface area (Å²) in [6.45, 7) is 0.460. The van der Waals surface area contributed by atoms with Crippen LogP contribution in [0.1, 0.15) is 38.4 Å². The second-order valence-electron chi connectivity index (χ2n) is 6.35. The molecular weight excluding hydrogens is 360 g/mol. The Balaban J connectivity index is 1.77. The number of anilines is 1. The van der Waals surface area contributed by atoms with Gasteiger partial charge in [-0.25, -0.2) is 4.79 Å². The van der Waals surface area contributed by atoms with Crippen LogP contribution in [0.5, 0.6) is 0 Å². The topological polar surface area (TPSA) is 128 Å². The van der Waals surface area contributed by atoms with E-state index in [2.05, 4.69) is 10.5 Å². The molecule has 1 aliphatic rings. The highest BCUT2D eigenvalue weighted by Gasteiger charge is 2.24. The van der Waals surface area contributed by atoms with Crippen molar-refractivity contribution in [2.24, 2.45) is 5.16 Å². The molecule has 0 saturated heterocycles. The van der Waals surface area contributed by atoms with Crippen molar-refractivity contribution in [1.29, 1.82) is 5.26 Å². The molecule has 1 amide bonds. The van der Waals surface area contributed by atoms with Crippen LogP contribution in [0, 0.1) is 11.3 Å². The molecule has 0 atom stereocenters. The summed E-state index contributed by atoms with van der Waals surface area (Å²) >= 11 is 0. The highest BCUT2D eigenvalue weighted by molar-refractivity contribution is 6.15. The number of oxime groups is 1. The molecule has 8 heteroatoms. The van der Waals surface area contributed by atoms with Crippen LogP contribution in [0.3, 0.4) is 0 Å². The highest BCUT2D eigenvalue weighted by atomic mass is 16.4. The molecule has 2 aromatic carbocycles. The molecule has 0 aliphatic carbocycles. The van der Waals surface area contributed by atoms with Crippen molar-refractivity contribution in [1.82, 2.24) is 4.57 Å². The summed E-state index contributed by atoms with van der Waals surface area (Å²) in [6.07, 6.45) is 0.467. The van der Waals surface area contributed by atoms with E-state index in [1.807, 2.05) is 28.8 Å². The molecule has 0 fully saturated rings. The summed E-state index contributed by atoms with van der Waals surface area (Å²) in [7, 11) is 0. The molecule has 0 bridgehead atoms. The highest BCUT2D eigenvalue weighted by Crippen LogP contribution is 2.30. The molecule has 0 unspecified atom stereocenters. The minimum Gasteiger partial charge on any atom is -0.478 e. The van der Waals surface area contributed by atoms with E-state index >= 15 is 0 Å². The average Bonchev–Trinajstić information content (AvgIpc) is 3.09. The number of aromatic nitrogens is 1. The molecule has 138 valence electrons. The van der Waals surface area contributed by atoms with Crippen molar-refractivity contribution < 1.29 is 19.9 Å². The first-order valence-corrected chi connectivity index (χ1v) is 8.46. The zero-order chi connectivity index (χ0) is 19.8. The summed E-state index contributed by atoms with van der Waals surface area (Å²) in [4.78, 5) is 24.4. The van der Waals surface area contributed by atoms with Gasteiger partial charge in [0.05, 0.1) is 34.1 Å². The number of carbonyl (C=O) groups excluding carboxylic acids is 1. The molecule has 3 aromatic rings. The van der Waals surface area contributed by atoms with E-state index in [4.69, 9.17) is 5.26 Å². The van der Waals surface area contributed by atoms with Gasteiger partial charge in [0, 0.05) is 23.9 Å². The first-order chi connectivity index (χ1) is 13.5. The number of carboxylic acid groups (broad SMARTS) is 1. The molecular formula is C20H14N4O4. The number of nitrogens with one attached hydrogen (secondary N) is 1. The molecule has 1 aromatic heterocycles. The first-order valence-electron chi connectivity index (χ1n) is 8.46. The van der Waals surface area contributed by atoms with Gasteiger partial charge in [-0.3, -0.25) is 4.79 Å². The smallest absolute Gasteiger partial charge is 0.337 e. The molecule has 1 aliphatic heterocycles. The number of carboxylic acids is 1. The number of hydrogen-bond donors (Lipinski definition) is 3. The summed E-state index contributed by atoms with van der Waals surface area (Å²) in [6, 6.07) is 13.2. The maximum atomic E-state index is 12.9. The number of aryl methyl sites for hydroxylation is 1. The van der Waals surface area contributed by atoms with E-state index in [0.717, 1.165) is 16.5 Å². The van der Waals surface area contributed by atoms with E-state index in [1.165, 1.54) is 18.2 Å². The second kappa shape index (κ2) is 6.55. The Morgan fingerprint density at radius 3 is 2.75 bits per heavy atom. The van der Waals surface area contributed by atoms with Crippen molar-refractivity contribution in [3.8, 4) is 6.07 Å². The number of aromatic carboxylic acids is 1. The lowest BCUT2D eigenvalue weighted by molar-refractivity contribution is 0.0698. The number of amides is 1. The summed E-state index contributed by atoms with van der Waals surface area (Å²) in [5.74, 6) is -1.70. The third-order valence-corrected chi connectivity index (χ3v) is 4.78. The van der Waals surface area contributed by atoms with Crippen LogP contribution in [0.15, 0.2) is 47.6 Å². The standard InChI is InChI=1S/C20H14N4O4/c21-10-11-4-5-15(14(8-11)20(26)27)22-19(25)17-9-12-2-1-3-13-16(23-28)6-7-24(17)18(12)13/h1-5,8-9,28H,6-7H2,(H,22,25)(H,26,27)/b23-16+. The van der Waals surface area contributed by atoms with E-state index in [-0.39, 0.29) is 16.8 Å². The van der Waals surface area contributed by atoms with Crippen LogP contribution >= 0.6 is 0 Å². The number of nitriles is 1. The van der Waals surface area contributed by atoms with Gasteiger partial charge in [0.2, 0.25) is 0 Å². The Hall–Kier alpha value is -4.12. The van der Waals surface area contributed by atoms with Gasteiger partial charge in [0.25, 0.3) is 5.91 Å². The van der Waals surface area contributed by atoms with Gasteiger partial charge in [0.15, 0.2) is 0 Å². The molecule has 28 heavy (non-hydrogen) atoms. The Morgan fingerprint density at radius 1 is 1.21 bits per heavy atom. The van der Waals surface area contributed by atoms with Crippen LogP contribution in [-0.4, -0.2) is 32.5 Å². The maximum Gasteiger partial charge on any atom is 0.337 e. The van der Waals surface area contributed by atoms with E-state index in [0.29, 0.717) is 24.4 Å². The van der Waals surface area contributed by atoms with Crippen molar-refractivity contribution in [3.05, 3.63) is 64.8 Å². The number of para-hydroxylation sites is 1. The number of carbonyl (C=O) groups is 2. The lowest BCUT2D eigenvalue weighted by Crippen LogP contribution is -2.22. The van der Waals surface area contributed by atoms with Gasteiger partial charge >= 0.3 is 5.97 Å². The van der Waals surface area contributed by atoms with Crippen LogP contribution in [0.4, 0.5) is 5.69 Å². The Labute approximate surface area is 158 Å². The normalized spacial score (nSPS) is 14.0. The number of benzene rings is 2. The van der Waals surface area contributed by atoms with Gasteiger partial charge < -0.3 is 20.2 Å². The van der Waals surface area contributed by atoms with Gasteiger partial charge in [-0.1, -0.05) is 23.4 Å². The van der Waals surface area contributed by atoms with Crippen LogP contribution in [-0.2, 0) is 6.54 Å². The predicted octanol–water partition coefficient (Wildman–Crippen LogP) is 3.05. The van der Waals surface area contributed by atoms with Gasteiger partial charge in [-0.05, 0) is 24.3 Å². The average molecular weight is 374 g/mol. The SMILES string of the molecule is N#Cc1ccc(NC(=O)c2cc3cccc4c3n2CC/C4=N\O)c(C(=O)O)c1. The quantitative estimate of drug-likeness (QED) is 0.479. The second-order valence-corrected chi connectivity index (χ2v) is 6.35. The predicted molar refractivity (Wildman–Crippen MR) is 101 cm³/mol. The zero-order valence-electron chi connectivity index (χ0n) is 14.5. The summed E-state index contributed by atoms with van der Waals surface area (Å²) in [5, 5.41) is 34.4. The van der Waals surface area contributed by atoms with Crippen molar-refractivity contribution in [2.75, 3.05) is 5.32 Å². The van der Waals surface area contributed by atoms with Gasteiger partial charge in [0.1, 0.15) is 5.69 Å². The zero-order valence-corrected chi connectivity index (χ0v) is 14.5. The Bertz CT molecular complexity index is 1220. The third kappa shape index (κ3) is 2.66. The fraction of sp³-hybridized carbons (Fsp3) is 0.100. The van der Waals surface area contributed by atoms with E-state index in [9.17, 15) is 19.9 Å². The summed E-state index contributed by atoms with van der Waals surface area (Å²) in [5.41, 5.74) is 2.64.